The normalized spacial score (nSPS) is 11.1. The zero-order chi connectivity index (χ0) is 15.6. The van der Waals surface area contributed by atoms with Gasteiger partial charge in [-0.25, -0.2) is 0 Å². The average Bonchev–Trinajstić information content (AvgIpc) is 2.62. The van der Waals surface area contributed by atoms with Gasteiger partial charge in [-0.05, 0) is 43.7 Å². The third-order valence-corrected chi connectivity index (χ3v) is 3.51. The minimum Gasteiger partial charge on any atom is -0.319 e. The molecule has 1 heterocycles. The Labute approximate surface area is 133 Å². The molecule has 0 fully saturated rings. The van der Waals surface area contributed by atoms with Gasteiger partial charge in [0.25, 0.3) is 0 Å². The van der Waals surface area contributed by atoms with Crippen LogP contribution >= 0.6 is 23.2 Å². The summed E-state index contributed by atoms with van der Waals surface area (Å²) in [6.45, 7) is 3.75. The van der Waals surface area contributed by atoms with Crippen molar-refractivity contribution in [2.45, 2.75) is 13.8 Å². The Morgan fingerprint density at radius 1 is 1.24 bits per heavy atom. The van der Waals surface area contributed by atoms with Crippen molar-refractivity contribution in [2.24, 2.45) is 7.05 Å². The Morgan fingerprint density at radius 2 is 1.86 bits per heavy atom. The van der Waals surface area contributed by atoms with Crippen LogP contribution < -0.4 is 5.32 Å². The van der Waals surface area contributed by atoms with Crippen LogP contribution in [0.15, 0.2) is 24.3 Å². The summed E-state index contributed by atoms with van der Waals surface area (Å²) in [7, 11) is 1.84. The lowest BCUT2D eigenvalue weighted by Crippen LogP contribution is -2.09. The van der Waals surface area contributed by atoms with Crippen LogP contribution in [0, 0.1) is 13.8 Å². The third-order valence-electron chi connectivity index (χ3n) is 3.07. The van der Waals surface area contributed by atoms with Crippen molar-refractivity contribution >= 4 is 40.9 Å². The first-order valence-electron chi connectivity index (χ1n) is 6.32. The summed E-state index contributed by atoms with van der Waals surface area (Å²) >= 11 is 11.8. The van der Waals surface area contributed by atoms with Gasteiger partial charge in [0.05, 0.1) is 17.1 Å². The van der Waals surface area contributed by atoms with Crippen LogP contribution in [0.25, 0.3) is 6.08 Å². The van der Waals surface area contributed by atoms with Gasteiger partial charge in [-0.2, -0.15) is 5.10 Å². The van der Waals surface area contributed by atoms with E-state index in [9.17, 15) is 4.79 Å². The Bertz CT molecular complexity index is 700. The number of carbonyl (C=O) groups is 1. The van der Waals surface area contributed by atoms with Crippen LogP contribution in [0.3, 0.4) is 0 Å². The largest absolute Gasteiger partial charge is 0.319 e. The molecular weight excluding hydrogens is 309 g/mol. The van der Waals surface area contributed by atoms with Gasteiger partial charge in [-0.1, -0.05) is 23.2 Å². The Morgan fingerprint density at radius 3 is 2.38 bits per heavy atom. The molecule has 1 aromatic carbocycles. The molecule has 4 nitrogen and oxygen atoms in total. The molecule has 0 spiro atoms. The van der Waals surface area contributed by atoms with E-state index >= 15 is 0 Å². The molecule has 1 N–H and O–H groups in total. The molecule has 1 amide bonds. The van der Waals surface area contributed by atoms with Gasteiger partial charge in [-0.15, -0.1) is 0 Å². The minimum absolute atomic E-state index is 0.231. The van der Waals surface area contributed by atoms with E-state index in [1.165, 1.54) is 6.08 Å². The molecular formula is C15H15Cl2N3O. The van der Waals surface area contributed by atoms with Crippen LogP contribution in [0.1, 0.15) is 17.0 Å². The predicted molar refractivity (Wildman–Crippen MR) is 86.8 cm³/mol. The number of benzene rings is 1. The second-order valence-electron chi connectivity index (χ2n) is 4.69. The van der Waals surface area contributed by atoms with Crippen molar-refractivity contribution in [2.75, 3.05) is 5.32 Å². The van der Waals surface area contributed by atoms with Crippen LogP contribution in [0.5, 0.6) is 0 Å². The summed E-state index contributed by atoms with van der Waals surface area (Å²) in [6.07, 6.45) is 3.10. The van der Waals surface area contributed by atoms with Crippen molar-refractivity contribution in [3.05, 3.63) is 51.3 Å². The number of amides is 1. The smallest absolute Gasteiger partial charge is 0.248 e. The van der Waals surface area contributed by atoms with Gasteiger partial charge in [0.15, 0.2) is 0 Å². The number of halogens is 2. The lowest BCUT2D eigenvalue weighted by molar-refractivity contribution is -0.111. The molecule has 0 saturated heterocycles. The number of nitrogens with zero attached hydrogens (tertiary/aromatic N) is 2. The number of aryl methyl sites for hydroxylation is 2. The van der Waals surface area contributed by atoms with E-state index in [0.717, 1.165) is 22.6 Å². The number of aromatic nitrogens is 2. The highest BCUT2D eigenvalue weighted by Crippen LogP contribution is 2.21. The molecule has 21 heavy (non-hydrogen) atoms. The van der Waals surface area contributed by atoms with Crippen LogP contribution in [-0.2, 0) is 11.8 Å². The van der Waals surface area contributed by atoms with Gasteiger partial charge >= 0.3 is 0 Å². The van der Waals surface area contributed by atoms with Crippen molar-refractivity contribution in [3.63, 3.8) is 0 Å². The fourth-order valence-electron chi connectivity index (χ4n) is 1.96. The first-order valence-corrected chi connectivity index (χ1v) is 7.08. The molecule has 6 heteroatoms. The standard InChI is InChI=1S/C15H15Cl2N3O/c1-9-15(10(2)20(3)19-9)18-14(21)5-4-11-6-12(16)8-13(17)7-11/h4-8H,1-3H3,(H,18,21)/b5-4+. The summed E-state index contributed by atoms with van der Waals surface area (Å²) in [4.78, 5) is 12.0. The maximum Gasteiger partial charge on any atom is 0.248 e. The van der Waals surface area contributed by atoms with Crippen LogP contribution in [0.4, 0.5) is 5.69 Å². The number of hydrogen-bond donors (Lipinski definition) is 1. The summed E-state index contributed by atoms with van der Waals surface area (Å²) < 4.78 is 1.73. The molecule has 0 radical (unpaired) electrons. The Kier molecular flexibility index (Phi) is 4.70. The van der Waals surface area contributed by atoms with E-state index in [0.29, 0.717) is 10.0 Å². The van der Waals surface area contributed by atoms with Gasteiger partial charge in [-0.3, -0.25) is 9.48 Å². The molecule has 0 aliphatic heterocycles. The SMILES string of the molecule is Cc1nn(C)c(C)c1NC(=O)/C=C/c1cc(Cl)cc(Cl)c1. The van der Waals surface area contributed by atoms with Crippen molar-refractivity contribution in [3.8, 4) is 0 Å². The highest BCUT2D eigenvalue weighted by molar-refractivity contribution is 6.34. The van der Waals surface area contributed by atoms with Gasteiger partial charge < -0.3 is 5.32 Å². The highest BCUT2D eigenvalue weighted by atomic mass is 35.5. The first-order chi connectivity index (χ1) is 9.86. The van der Waals surface area contributed by atoms with Crippen molar-refractivity contribution in [1.29, 1.82) is 0 Å². The molecule has 1 aromatic heterocycles. The number of hydrogen-bond acceptors (Lipinski definition) is 2. The van der Waals surface area contributed by atoms with Crippen LogP contribution in [0.2, 0.25) is 10.0 Å². The minimum atomic E-state index is -0.231. The lowest BCUT2D eigenvalue weighted by Gasteiger charge is -2.02. The average molecular weight is 324 g/mol. The van der Waals surface area contributed by atoms with E-state index in [2.05, 4.69) is 10.4 Å². The second kappa shape index (κ2) is 6.33. The summed E-state index contributed by atoms with van der Waals surface area (Å²) in [5.41, 5.74) is 3.18. The molecule has 110 valence electrons. The van der Waals surface area contributed by atoms with Gasteiger partial charge in [0.1, 0.15) is 0 Å². The van der Waals surface area contributed by atoms with E-state index in [4.69, 9.17) is 23.2 Å². The number of nitrogens with one attached hydrogen (secondary N) is 1. The molecule has 2 aromatic rings. The molecule has 0 aliphatic rings. The quantitative estimate of drug-likeness (QED) is 0.868. The van der Waals surface area contributed by atoms with E-state index < -0.39 is 0 Å². The van der Waals surface area contributed by atoms with Crippen molar-refractivity contribution < 1.29 is 4.79 Å². The summed E-state index contributed by atoms with van der Waals surface area (Å²) in [5.74, 6) is -0.231. The van der Waals surface area contributed by atoms with Crippen molar-refractivity contribution in [1.82, 2.24) is 9.78 Å². The fourth-order valence-corrected chi connectivity index (χ4v) is 2.51. The Hall–Kier alpha value is -1.78. The van der Waals surface area contributed by atoms with E-state index in [-0.39, 0.29) is 5.91 Å². The number of rotatable bonds is 3. The third kappa shape index (κ3) is 3.86. The lowest BCUT2D eigenvalue weighted by atomic mass is 10.2. The fraction of sp³-hybridized carbons (Fsp3) is 0.200. The molecule has 0 unspecified atom stereocenters. The maximum absolute atomic E-state index is 12.0. The maximum atomic E-state index is 12.0. The molecule has 0 aliphatic carbocycles. The van der Waals surface area contributed by atoms with Gasteiger partial charge in [0, 0.05) is 23.2 Å². The molecule has 0 atom stereocenters. The zero-order valence-corrected chi connectivity index (χ0v) is 13.5. The molecule has 0 bridgehead atoms. The number of anilines is 1. The first kappa shape index (κ1) is 15.6. The Balaban J connectivity index is 2.12. The topological polar surface area (TPSA) is 46.9 Å². The molecule has 0 saturated carbocycles. The van der Waals surface area contributed by atoms with Gasteiger partial charge in [0.2, 0.25) is 5.91 Å². The van der Waals surface area contributed by atoms with E-state index in [1.807, 2.05) is 20.9 Å². The highest BCUT2D eigenvalue weighted by Gasteiger charge is 2.10. The molecule has 2 rings (SSSR count). The second-order valence-corrected chi connectivity index (χ2v) is 5.57. The summed E-state index contributed by atoms with van der Waals surface area (Å²) in [6, 6.07) is 5.11. The predicted octanol–water partition coefficient (Wildman–Crippen LogP) is 4.00. The zero-order valence-electron chi connectivity index (χ0n) is 11.9. The summed E-state index contributed by atoms with van der Waals surface area (Å²) in [5, 5.41) is 8.13. The van der Waals surface area contributed by atoms with Crippen LogP contribution in [-0.4, -0.2) is 15.7 Å². The van der Waals surface area contributed by atoms with E-state index in [1.54, 1.807) is 29.0 Å². The monoisotopic (exact) mass is 323 g/mol. The number of carbonyl (C=O) groups excluding carboxylic acids is 1.